The molecule has 0 bridgehead atoms. The monoisotopic (exact) mass is 424 g/mol. The van der Waals surface area contributed by atoms with Gasteiger partial charge in [-0.3, -0.25) is 0 Å². The second-order valence-electron chi connectivity index (χ2n) is 7.77. The van der Waals surface area contributed by atoms with Crippen LogP contribution in [0.3, 0.4) is 0 Å². The Bertz CT molecular complexity index is 628. The summed E-state index contributed by atoms with van der Waals surface area (Å²) in [7, 11) is 4.53. The SMILES string of the molecule is C=CC[N+](C)(C)C(CC)c1ccccc1.CC(C)C(N)c1ccccc1.Cl.[Cl-]. The van der Waals surface area contributed by atoms with Crippen molar-refractivity contribution >= 4 is 12.4 Å². The number of likely N-dealkylation sites (N-methyl/N-ethyl adjacent to an activating group) is 1. The lowest BCUT2D eigenvalue weighted by atomic mass is 9.97. The standard InChI is InChI=1S/C14H22N.C10H15N.2ClH/c1-5-12-15(3,4)14(6-2)13-10-8-7-9-11-13;1-8(2)10(11)9-6-4-3-5-7-9;;/h5,7-11,14H,1,6,12H2,2-4H3;3-8,10H,11H2,1-2H3;2*1H/q+1;;;/p-1. The summed E-state index contributed by atoms with van der Waals surface area (Å²) in [4.78, 5) is 0. The van der Waals surface area contributed by atoms with Crippen LogP contribution in [0.5, 0.6) is 0 Å². The van der Waals surface area contributed by atoms with Gasteiger partial charge in [0.15, 0.2) is 0 Å². The Morgan fingerprint density at radius 3 is 1.71 bits per heavy atom. The molecule has 0 aliphatic heterocycles. The Labute approximate surface area is 185 Å². The number of quaternary nitrogens is 1. The molecule has 0 radical (unpaired) electrons. The summed E-state index contributed by atoms with van der Waals surface area (Å²) in [6, 6.07) is 21.7. The highest BCUT2D eigenvalue weighted by atomic mass is 35.5. The summed E-state index contributed by atoms with van der Waals surface area (Å²) in [5.41, 5.74) is 8.59. The van der Waals surface area contributed by atoms with E-state index in [9.17, 15) is 0 Å². The first kappa shape index (κ1) is 28.9. The van der Waals surface area contributed by atoms with Gasteiger partial charge in [0.2, 0.25) is 0 Å². The molecule has 0 aliphatic carbocycles. The number of hydrogen-bond donors (Lipinski definition) is 1. The number of nitrogens with two attached hydrogens (primary N) is 1. The molecule has 0 saturated heterocycles. The normalized spacial score (nSPS) is 12.5. The summed E-state index contributed by atoms with van der Waals surface area (Å²) in [5.74, 6) is 0.511. The van der Waals surface area contributed by atoms with Crippen molar-refractivity contribution in [1.82, 2.24) is 0 Å². The van der Waals surface area contributed by atoms with E-state index in [1.807, 2.05) is 24.3 Å². The third kappa shape index (κ3) is 9.25. The molecule has 0 fully saturated rings. The summed E-state index contributed by atoms with van der Waals surface area (Å²) >= 11 is 0. The molecule has 0 heterocycles. The largest absolute Gasteiger partial charge is 1.00 e. The Morgan fingerprint density at radius 1 is 0.929 bits per heavy atom. The van der Waals surface area contributed by atoms with Gasteiger partial charge >= 0.3 is 0 Å². The Kier molecular flexibility index (Phi) is 15.1. The van der Waals surface area contributed by atoms with E-state index in [-0.39, 0.29) is 30.9 Å². The molecule has 2 N–H and O–H groups in total. The van der Waals surface area contributed by atoms with E-state index < -0.39 is 0 Å². The molecule has 2 nitrogen and oxygen atoms in total. The molecule has 2 unspecified atom stereocenters. The fraction of sp³-hybridized carbons (Fsp3) is 0.417. The lowest BCUT2D eigenvalue weighted by Gasteiger charge is -2.37. The Hall–Kier alpha value is -1.32. The topological polar surface area (TPSA) is 26.0 Å². The predicted molar refractivity (Wildman–Crippen MR) is 122 cm³/mol. The van der Waals surface area contributed by atoms with Crippen LogP contribution in [0.15, 0.2) is 73.3 Å². The van der Waals surface area contributed by atoms with Crippen LogP contribution >= 0.6 is 12.4 Å². The molecular weight excluding hydrogens is 387 g/mol. The number of benzene rings is 2. The molecule has 28 heavy (non-hydrogen) atoms. The van der Waals surface area contributed by atoms with Gasteiger partial charge in [-0.15, -0.1) is 12.4 Å². The lowest BCUT2D eigenvalue weighted by Crippen LogP contribution is -3.00. The predicted octanol–water partition coefficient (Wildman–Crippen LogP) is 3.17. The number of nitrogens with zero attached hydrogens (tertiary/aromatic N) is 1. The molecule has 4 heteroatoms. The third-order valence-electron chi connectivity index (χ3n) is 4.92. The second-order valence-corrected chi connectivity index (χ2v) is 7.77. The van der Waals surface area contributed by atoms with Gasteiger partial charge in [0.1, 0.15) is 6.04 Å². The molecule has 0 saturated carbocycles. The number of rotatable bonds is 7. The van der Waals surface area contributed by atoms with Crippen LogP contribution in [0.25, 0.3) is 0 Å². The molecule has 0 spiro atoms. The fourth-order valence-electron chi connectivity index (χ4n) is 3.33. The highest BCUT2D eigenvalue weighted by Gasteiger charge is 2.26. The van der Waals surface area contributed by atoms with Gasteiger partial charge in [0, 0.05) is 18.0 Å². The van der Waals surface area contributed by atoms with Gasteiger partial charge in [-0.05, 0) is 17.6 Å². The first-order chi connectivity index (χ1) is 12.3. The molecule has 2 rings (SSSR count). The summed E-state index contributed by atoms with van der Waals surface area (Å²) in [6.45, 7) is 11.4. The molecule has 0 aliphatic rings. The molecule has 0 amide bonds. The van der Waals surface area contributed by atoms with Crippen LogP contribution in [-0.4, -0.2) is 25.1 Å². The highest BCUT2D eigenvalue weighted by molar-refractivity contribution is 5.85. The van der Waals surface area contributed by atoms with E-state index in [0.29, 0.717) is 12.0 Å². The number of hydrogen-bond acceptors (Lipinski definition) is 1. The maximum atomic E-state index is 5.94. The zero-order valence-corrected chi connectivity index (χ0v) is 19.6. The van der Waals surface area contributed by atoms with E-state index >= 15 is 0 Å². The Morgan fingerprint density at radius 2 is 1.36 bits per heavy atom. The van der Waals surface area contributed by atoms with Crippen LogP contribution in [0.2, 0.25) is 0 Å². The maximum absolute atomic E-state index is 5.94. The maximum Gasteiger partial charge on any atom is 0.114 e. The second kappa shape index (κ2) is 14.6. The minimum Gasteiger partial charge on any atom is -1.00 e. The summed E-state index contributed by atoms with van der Waals surface area (Å²) in [6.07, 6.45) is 3.16. The fourth-order valence-corrected chi connectivity index (χ4v) is 3.33. The summed E-state index contributed by atoms with van der Waals surface area (Å²) in [5, 5.41) is 0. The van der Waals surface area contributed by atoms with Crippen LogP contribution in [-0.2, 0) is 0 Å². The first-order valence-corrected chi connectivity index (χ1v) is 9.62. The van der Waals surface area contributed by atoms with Gasteiger partial charge in [-0.25, -0.2) is 0 Å². The molecule has 2 atom stereocenters. The highest BCUT2D eigenvalue weighted by Crippen LogP contribution is 2.27. The average molecular weight is 425 g/mol. The zero-order chi connectivity index (χ0) is 19.6. The van der Waals surface area contributed by atoms with Crippen LogP contribution < -0.4 is 18.1 Å². The van der Waals surface area contributed by atoms with Crippen molar-refractivity contribution in [1.29, 1.82) is 0 Å². The van der Waals surface area contributed by atoms with Crippen molar-refractivity contribution in [3.8, 4) is 0 Å². The van der Waals surface area contributed by atoms with Gasteiger partial charge in [-0.1, -0.05) is 88.0 Å². The van der Waals surface area contributed by atoms with Crippen molar-refractivity contribution in [2.75, 3.05) is 20.6 Å². The van der Waals surface area contributed by atoms with Gasteiger partial charge in [0.05, 0.1) is 20.6 Å². The third-order valence-corrected chi connectivity index (χ3v) is 4.92. The first-order valence-electron chi connectivity index (χ1n) is 9.62. The van der Waals surface area contributed by atoms with Gasteiger partial charge in [-0.2, -0.15) is 0 Å². The Balaban J connectivity index is 0. The van der Waals surface area contributed by atoms with Gasteiger partial charge < -0.3 is 22.6 Å². The number of halogens is 2. The molecule has 0 aromatic heterocycles. The quantitative estimate of drug-likeness (QED) is 0.535. The van der Waals surface area contributed by atoms with Crippen molar-refractivity contribution in [3.63, 3.8) is 0 Å². The van der Waals surface area contributed by atoms with Crippen LogP contribution in [0.4, 0.5) is 0 Å². The van der Waals surface area contributed by atoms with Crippen molar-refractivity contribution in [3.05, 3.63) is 84.4 Å². The van der Waals surface area contributed by atoms with E-state index in [1.165, 1.54) is 11.1 Å². The van der Waals surface area contributed by atoms with E-state index in [4.69, 9.17) is 5.73 Å². The molecule has 2 aromatic carbocycles. The van der Waals surface area contributed by atoms with Crippen molar-refractivity contribution in [2.24, 2.45) is 11.7 Å². The van der Waals surface area contributed by atoms with Crippen molar-refractivity contribution < 1.29 is 16.9 Å². The van der Waals surface area contributed by atoms with Crippen LogP contribution in [0, 0.1) is 5.92 Å². The minimum atomic E-state index is 0. The minimum absolute atomic E-state index is 0. The van der Waals surface area contributed by atoms with Crippen molar-refractivity contribution in [2.45, 2.75) is 39.3 Å². The van der Waals surface area contributed by atoms with Crippen LogP contribution in [0.1, 0.15) is 50.4 Å². The molecular formula is C24H38Cl2N2. The lowest BCUT2D eigenvalue weighted by molar-refractivity contribution is -0.915. The average Bonchev–Trinajstić information content (AvgIpc) is 2.63. The zero-order valence-electron chi connectivity index (χ0n) is 18.0. The van der Waals surface area contributed by atoms with Gasteiger partial charge in [0.25, 0.3) is 0 Å². The molecule has 2 aromatic rings. The van der Waals surface area contributed by atoms with E-state index in [2.05, 4.69) is 83.9 Å². The smallest absolute Gasteiger partial charge is 0.114 e. The molecule has 158 valence electrons. The van der Waals surface area contributed by atoms with E-state index in [0.717, 1.165) is 17.4 Å². The summed E-state index contributed by atoms with van der Waals surface area (Å²) < 4.78 is 0.976. The van der Waals surface area contributed by atoms with E-state index in [1.54, 1.807) is 0 Å².